The number of aromatic nitrogens is 2. The van der Waals surface area contributed by atoms with Crippen LogP contribution in [0.3, 0.4) is 0 Å². The van der Waals surface area contributed by atoms with Crippen LogP contribution in [-0.2, 0) is 6.54 Å². The van der Waals surface area contributed by atoms with E-state index < -0.39 is 0 Å². The second-order valence-corrected chi connectivity index (χ2v) is 7.16. The van der Waals surface area contributed by atoms with Crippen LogP contribution in [0.5, 0.6) is 0 Å². The van der Waals surface area contributed by atoms with E-state index in [1.54, 1.807) is 24.3 Å². The van der Waals surface area contributed by atoms with Crippen molar-refractivity contribution < 1.29 is 9.32 Å². The average molecular weight is 419 g/mol. The number of halogens is 1. The molecule has 0 radical (unpaired) electrons. The SMILES string of the molecule is Cc1ccc(NC(=O)c2ccccc2)cc1NCc1nc(-c2ccc(Cl)cc2)no1. The molecule has 4 aromatic rings. The predicted octanol–water partition coefficient (Wildman–Crippen LogP) is 5.56. The lowest BCUT2D eigenvalue weighted by atomic mass is 10.1. The van der Waals surface area contributed by atoms with Gasteiger partial charge in [0.15, 0.2) is 0 Å². The Morgan fingerprint density at radius 3 is 2.57 bits per heavy atom. The van der Waals surface area contributed by atoms with E-state index in [1.807, 2.05) is 55.5 Å². The molecule has 0 unspecified atom stereocenters. The Morgan fingerprint density at radius 2 is 1.80 bits per heavy atom. The Bertz CT molecular complexity index is 1160. The Morgan fingerprint density at radius 1 is 1.03 bits per heavy atom. The van der Waals surface area contributed by atoms with Gasteiger partial charge in [0.2, 0.25) is 11.7 Å². The molecular weight excluding hydrogens is 400 g/mol. The highest BCUT2D eigenvalue weighted by Gasteiger charge is 2.10. The van der Waals surface area contributed by atoms with E-state index in [2.05, 4.69) is 20.8 Å². The molecule has 2 N–H and O–H groups in total. The minimum Gasteiger partial charge on any atom is -0.376 e. The molecule has 0 saturated carbocycles. The highest BCUT2D eigenvalue weighted by Crippen LogP contribution is 2.23. The number of carbonyl (C=O) groups is 1. The van der Waals surface area contributed by atoms with E-state index in [0.29, 0.717) is 34.5 Å². The first-order valence-corrected chi connectivity index (χ1v) is 9.76. The van der Waals surface area contributed by atoms with E-state index in [-0.39, 0.29) is 5.91 Å². The van der Waals surface area contributed by atoms with Crippen molar-refractivity contribution in [2.75, 3.05) is 10.6 Å². The van der Waals surface area contributed by atoms with Crippen molar-refractivity contribution in [2.24, 2.45) is 0 Å². The molecule has 7 heteroatoms. The van der Waals surface area contributed by atoms with Gasteiger partial charge < -0.3 is 15.2 Å². The predicted molar refractivity (Wildman–Crippen MR) is 118 cm³/mol. The maximum absolute atomic E-state index is 12.4. The van der Waals surface area contributed by atoms with Gasteiger partial charge in [-0.15, -0.1) is 0 Å². The fourth-order valence-electron chi connectivity index (χ4n) is 2.90. The largest absolute Gasteiger partial charge is 0.376 e. The van der Waals surface area contributed by atoms with Gasteiger partial charge >= 0.3 is 0 Å². The molecule has 1 heterocycles. The number of nitrogens with zero attached hydrogens (tertiary/aromatic N) is 2. The summed E-state index contributed by atoms with van der Waals surface area (Å²) in [5, 5.41) is 10.9. The Balaban J connectivity index is 1.43. The van der Waals surface area contributed by atoms with Gasteiger partial charge in [0.1, 0.15) is 0 Å². The molecule has 0 saturated heterocycles. The molecule has 0 aliphatic rings. The van der Waals surface area contributed by atoms with Crippen molar-refractivity contribution in [3.05, 3.63) is 94.8 Å². The number of nitrogens with one attached hydrogen (secondary N) is 2. The summed E-state index contributed by atoms with van der Waals surface area (Å²) in [6, 6.07) is 22.0. The fourth-order valence-corrected chi connectivity index (χ4v) is 3.02. The van der Waals surface area contributed by atoms with Crippen LogP contribution in [0.2, 0.25) is 5.02 Å². The van der Waals surface area contributed by atoms with E-state index >= 15 is 0 Å². The first-order valence-electron chi connectivity index (χ1n) is 9.38. The van der Waals surface area contributed by atoms with Crippen LogP contribution in [0.1, 0.15) is 21.8 Å². The molecule has 0 aliphatic heterocycles. The smallest absolute Gasteiger partial charge is 0.255 e. The molecule has 4 rings (SSSR count). The van der Waals surface area contributed by atoms with Gasteiger partial charge in [0.05, 0.1) is 6.54 Å². The molecule has 3 aromatic carbocycles. The maximum atomic E-state index is 12.4. The highest BCUT2D eigenvalue weighted by molar-refractivity contribution is 6.30. The number of amides is 1. The summed E-state index contributed by atoms with van der Waals surface area (Å²) in [5.74, 6) is 0.803. The summed E-state index contributed by atoms with van der Waals surface area (Å²) >= 11 is 5.92. The molecule has 150 valence electrons. The van der Waals surface area contributed by atoms with Gasteiger partial charge in [-0.05, 0) is 61.0 Å². The first-order chi connectivity index (χ1) is 14.6. The topological polar surface area (TPSA) is 80.0 Å². The van der Waals surface area contributed by atoms with Crippen molar-refractivity contribution in [1.82, 2.24) is 10.1 Å². The van der Waals surface area contributed by atoms with Crippen molar-refractivity contribution in [1.29, 1.82) is 0 Å². The van der Waals surface area contributed by atoms with Gasteiger partial charge in [-0.3, -0.25) is 4.79 Å². The molecule has 0 spiro atoms. The zero-order chi connectivity index (χ0) is 20.9. The van der Waals surface area contributed by atoms with Crippen LogP contribution in [0, 0.1) is 6.92 Å². The van der Waals surface area contributed by atoms with Crippen LogP contribution in [-0.4, -0.2) is 16.0 Å². The number of aryl methyl sites for hydroxylation is 1. The third-order valence-electron chi connectivity index (χ3n) is 4.53. The lowest BCUT2D eigenvalue weighted by Crippen LogP contribution is -2.12. The number of anilines is 2. The third kappa shape index (κ3) is 4.67. The second-order valence-electron chi connectivity index (χ2n) is 6.72. The summed E-state index contributed by atoms with van der Waals surface area (Å²) in [7, 11) is 0. The molecule has 30 heavy (non-hydrogen) atoms. The molecule has 0 bridgehead atoms. The lowest BCUT2D eigenvalue weighted by molar-refractivity contribution is 0.102. The molecular formula is C23H19ClN4O2. The summed E-state index contributed by atoms with van der Waals surface area (Å²) in [6.07, 6.45) is 0. The zero-order valence-corrected chi connectivity index (χ0v) is 17.0. The number of carbonyl (C=O) groups excluding carboxylic acids is 1. The van der Waals surface area contributed by atoms with Gasteiger partial charge in [0, 0.05) is 27.5 Å². The van der Waals surface area contributed by atoms with E-state index in [9.17, 15) is 4.79 Å². The lowest BCUT2D eigenvalue weighted by Gasteiger charge is -2.11. The number of rotatable bonds is 6. The van der Waals surface area contributed by atoms with Crippen LogP contribution >= 0.6 is 11.6 Å². The van der Waals surface area contributed by atoms with E-state index in [1.165, 1.54) is 0 Å². The normalized spacial score (nSPS) is 10.6. The molecule has 1 amide bonds. The minimum absolute atomic E-state index is 0.157. The molecule has 0 atom stereocenters. The standard InChI is InChI=1S/C23H19ClN4O2/c1-15-7-12-19(26-23(29)17-5-3-2-4-6-17)13-20(15)25-14-21-27-22(28-30-21)16-8-10-18(24)11-9-16/h2-13,25H,14H2,1H3,(H,26,29). The van der Waals surface area contributed by atoms with Gasteiger partial charge in [0.25, 0.3) is 5.91 Å². The fraction of sp³-hybridized carbons (Fsp3) is 0.0870. The van der Waals surface area contributed by atoms with E-state index in [0.717, 1.165) is 16.8 Å². The van der Waals surface area contributed by atoms with Crippen LogP contribution in [0.25, 0.3) is 11.4 Å². The quantitative estimate of drug-likeness (QED) is 0.428. The van der Waals surface area contributed by atoms with Crippen molar-refractivity contribution in [3.63, 3.8) is 0 Å². The Kier molecular flexibility index (Phi) is 5.77. The number of hydrogen-bond acceptors (Lipinski definition) is 5. The zero-order valence-electron chi connectivity index (χ0n) is 16.2. The Labute approximate surface area is 178 Å². The number of hydrogen-bond donors (Lipinski definition) is 2. The van der Waals surface area contributed by atoms with Crippen molar-refractivity contribution in [3.8, 4) is 11.4 Å². The van der Waals surface area contributed by atoms with E-state index in [4.69, 9.17) is 16.1 Å². The van der Waals surface area contributed by atoms with Crippen molar-refractivity contribution in [2.45, 2.75) is 13.5 Å². The molecule has 0 fully saturated rings. The van der Waals surface area contributed by atoms with Crippen LogP contribution in [0.15, 0.2) is 77.3 Å². The molecule has 1 aromatic heterocycles. The third-order valence-corrected chi connectivity index (χ3v) is 4.78. The summed E-state index contributed by atoms with van der Waals surface area (Å²) in [5.41, 5.74) is 4.03. The minimum atomic E-state index is -0.157. The average Bonchev–Trinajstić information content (AvgIpc) is 3.24. The van der Waals surface area contributed by atoms with Gasteiger partial charge in [-0.25, -0.2) is 0 Å². The first kappa shape index (κ1) is 19.7. The highest BCUT2D eigenvalue weighted by atomic mass is 35.5. The summed E-state index contributed by atoms with van der Waals surface area (Å²) in [4.78, 5) is 16.8. The van der Waals surface area contributed by atoms with Crippen LogP contribution in [0.4, 0.5) is 11.4 Å². The van der Waals surface area contributed by atoms with Gasteiger partial charge in [-0.1, -0.05) is 41.0 Å². The maximum Gasteiger partial charge on any atom is 0.255 e. The number of benzene rings is 3. The summed E-state index contributed by atoms with van der Waals surface area (Å²) in [6.45, 7) is 2.34. The molecule has 6 nitrogen and oxygen atoms in total. The Hall–Kier alpha value is -3.64. The van der Waals surface area contributed by atoms with Crippen LogP contribution < -0.4 is 10.6 Å². The molecule has 0 aliphatic carbocycles. The van der Waals surface area contributed by atoms with Gasteiger partial charge in [-0.2, -0.15) is 4.98 Å². The second kappa shape index (κ2) is 8.80. The summed E-state index contributed by atoms with van der Waals surface area (Å²) < 4.78 is 5.34. The van der Waals surface area contributed by atoms with Crippen molar-refractivity contribution >= 4 is 28.9 Å². The monoisotopic (exact) mass is 418 g/mol.